The molecule has 6 N–H and O–H groups in total. The van der Waals surface area contributed by atoms with Crippen molar-refractivity contribution in [3.05, 3.63) is 53.6 Å². The summed E-state index contributed by atoms with van der Waals surface area (Å²) in [7, 11) is 1.58. The third kappa shape index (κ3) is 11.3. The number of methoxy groups -OCH3 is 1. The van der Waals surface area contributed by atoms with E-state index in [-0.39, 0.29) is 44.4 Å². The molecule has 45 heavy (non-hydrogen) atoms. The third-order valence-electron chi connectivity index (χ3n) is 7.09. The lowest BCUT2D eigenvalue weighted by atomic mass is 10.1. The molecule has 0 spiro atoms. The molecule has 0 fully saturated rings. The zero-order chi connectivity index (χ0) is 32.6. The zero-order valence-corrected chi connectivity index (χ0v) is 25.8. The van der Waals surface area contributed by atoms with E-state index in [4.69, 9.17) is 19.9 Å². The van der Waals surface area contributed by atoms with E-state index in [1.165, 1.54) is 0 Å². The van der Waals surface area contributed by atoms with Crippen molar-refractivity contribution in [1.82, 2.24) is 21.3 Å². The smallest absolute Gasteiger partial charge is 0.255 e. The van der Waals surface area contributed by atoms with Gasteiger partial charge in [-0.3, -0.25) is 24.0 Å². The van der Waals surface area contributed by atoms with Crippen molar-refractivity contribution in [1.29, 1.82) is 0 Å². The molecule has 2 aromatic carbocycles. The maximum Gasteiger partial charge on any atom is 0.255 e. The number of benzene rings is 2. The minimum absolute atomic E-state index is 0.0255. The van der Waals surface area contributed by atoms with Crippen LogP contribution in [-0.4, -0.2) is 75.0 Å². The highest BCUT2D eigenvalue weighted by atomic mass is 16.5. The topological polar surface area (TPSA) is 187 Å². The average Bonchev–Trinajstić information content (AvgIpc) is 3.03. The Morgan fingerprint density at radius 1 is 1.09 bits per heavy atom. The molecule has 13 nitrogen and oxygen atoms in total. The van der Waals surface area contributed by atoms with Gasteiger partial charge in [0.2, 0.25) is 23.6 Å². The maximum atomic E-state index is 13.3. The number of nitrogens with one attached hydrogen (secondary N) is 4. The van der Waals surface area contributed by atoms with Gasteiger partial charge in [-0.15, -0.1) is 0 Å². The van der Waals surface area contributed by atoms with Gasteiger partial charge in [0.05, 0.1) is 25.9 Å². The van der Waals surface area contributed by atoms with Crippen LogP contribution in [0.5, 0.6) is 17.2 Å². The summed E-state index contributed by atoms with van der Waals surface area (Å²) >= 11 is 0. The van der Waals surface area contributed by atoms with Crippen LogP contribution in [-0.2, 0) is 25.6 Å². The number of amides is 5. The van der Waals surface area contributed by atoms with E-state index < -0.39 is 41.6 Å². The number of hydrogen-bond acceptors (Lipinski definition) is 8. The van der Waals surface area contributed by atoms with Crippen molar-refractivity contribution in [3.8, 4) is 17.2 Å². The van der Waals surface area contributed by atoms with Gasteiger partial charge in [0.1, 0.15) is 17.8 Å². The standard InChI is InChI=1S/C32H43N5O8/c1-3-44-26-14-11-21(20-27(26)43-2)8-6-17-34-32(42)24-13-16-29(39)36-23(12-15-28(33)38)31(41)35-18-7-19-45-25-10-5-4-9-22(25)30(40)37-24/h4-5,9-11,14,20,23-24H,3,6-8,12-13,15-19H2,1-2H3,(H2,33,38)(H,34,42)(H,35,41)(H,36,39)(H,37,40)/t23-,24-/m0/s1. The second-order valence-corrected chi connectivity index (χ2v) is 10.5. The number of rotatable bonds is 11. The lowest BCUT2D eigenvalue weighted by molar-refractivity contribution is -0.130. The SMILES string of the molecule is CCOc1ccc(CCCNC(=O)[C@@H]2CCC(=O)N[C@@H](CCC(N)=O)C(=O)NCCCOc3ccccc3C(=O)N2)cc1OC. The molecule has 0 unspecified atom stereocenters. The fourth-order valence-corrected chi connectivity index (χ4v) is 4.74. The zero-order valence-electron chi connectivity index (χ0n) is 25.8. The molecular weight excluding hydrogens is 582 g/mol. The first-order valence-electron chi connectivity index (χ1n) is 15.2. The predicted octanol–water partition coefficient (Wildman–Crippen LogP) is 1.37. The number of aryl methyl sites for hydroxylation is 1. The molecule has 0 saturated carbocycles. The summed E-state index contributed by atoms with van der Waals surface area (Å²) < 4.78 is 16.8. The van der Waals surface area contributed by atoms with Crippen molar-refractivity contribution in [2.45, 2.75) is 64.0 Å². The number of fused-ring (bicyclic) bond motifs is 1. The first-order valence-corrected chi connectivity index (χ1v) is 15.2. The average molecular weight is 626 g/mol. The van der Waals surface area contributed by atoms with Crippen molar-refractivity contribution in [2.24, 2.45) is 5.73 Å². The summed E-state index contributed by atoms with van der Waals surface area (Å²) in [5, 5.41) is 11.0. The number of carbonyl (C=O) groups is 5. The predicted molar refractivity (Wildman–Crippen MR) is 166 cm³/mol. The second kappa shape index (κ2) is 18.1. The Bertz CT molecular complexity index is 1330. The molecule has 0 bridgehead atoms. The van der Waals surface area contributed by atoms with Crippen LogP contribution in [0.2, 0.25) is 0 Å². The Labute approximate surface area is 262 Å². The normalized spacial score (nSPS) is 17.9. The Morgan fingerprint density at radius 2 is 1.89 bits per heavy atom. The van der Waals surface area contributed by atoms with Gasteiger partial charge in [-0.05, 0) is 68.9 Å². The quantitative estimate of drug-likeness (QED) is 0.232. The third-order valence-corrected chi connectivity index (χ3v) is 7.09. The van der Waals surface area contributed by atoms with Crippen LogP contribution < -0.4 is 41.2 Å². The number of primary amides is 1. The van der Waals surface area contributed by atoms with E-state index in [1.54, 1.807) is 31.4 Å². The van der Waals surface area contributed by atoms with Gasteiger partial charge in [0, 0.05) is 25.9 Å². The Balaban J connectivity index is 1.70. The number of para-hydroxylation sites is 1. The number of ether oxygens (including phenoxy) is 3. The highest BCUT2D eigenvalue weighted by Crippen LogP contribution is 2.28. The lowest BCUT2D eigenvalue weighted by Gasteiger charge is -2.22. The molecule has 3 rings (SSSR count). The molecule has 0 saturated heterocycles. The monoisotopic (exact) mass is 625 g/mol. The van der Waals surface area contributed by atoms with Gasteiger partial charge in [0.15, 0.2) is 11.5 Å². The van der Waals surface area contributed by atoms with Crippen LogP contribution in [0.3, 0.4) is 0 Å². The number of hydrogen-bond donors (Lipinski definition) is 5. The molecule has 0 radical (unpaired) electrons. The Hall–Kier alpha value is -4.81. The minimum Gasteiger partial charge on any atom is -0.493 e. The molecule has 13 heteroatoms. The summed E-state index contributed by atoms with van der Waals surface area (Å²) in [5.41, 5.74) is 6.50. The molecule has 2 atom stereocenters. The van der Waals surface area contributed by atoms with E-state index in [2.05, 4.69) is 21.3 Å². The molecule has 0 aromatic heterocycles. The van der Waals surface area contributed by atoms with E-state index in [0.717, 1.165) is 5.56 Å². The fourth-order valence-electron chi connectivity index (χ4n) is 4.74. The molecular formula is C32H43N5O8. The van der Waals surface area contributed by atoms with Crippen LogP contribution in [0.1, 0.15) is 61.4 Å². The molecule has 1 heterocycles. The highest BCUT2D eigenvalue weighted by molar-refractivity contribution is 5.99. The van der Waals surface area contributed by atoms with E-state index >= 15 is 0 Å². The van der Waals surface area contributed by atoms with E-state index in [9.17, 15) is 24.0 Å². The summed E-state index contributed by atoms with van der Waals surface area (Å²) in [4.78, 5) is 63.5. The van der Waals surface area contributed by atoms with Crippen LogP contribution in [0.15, 0.2) is 42.5 Å². The Morgan fingerprint density at radius 3 is 2.64 bits per heavy atom. The van der Waals surface area contributed by atoms with Crippen molar-refractivity contribution < 1.29 is 38.2 Å². The van der Waals surface area contributed by atoms with E-state index in [0.29, 0.717) is 49.7 Å². The number of carbonyl (C=O) groups excluding carboxylic acids is 5. The molecule has 1 aliphatic heterocycles. The minimum atomic E-state index is -1.05. The van der Waals surface area contributed by atoms with Gasteiger partial charge >= 0.3 is 0 Å². The van der Waals surface area contributed by atoms with Crippen LogP contribution in [0.25, 0.3) is 0 Å². The second-order valence-electron chi connectivity index (χ2n) is 10.5. The molecule has 1 aliphatic rings. The highest BCUT2D eigenvalue weighted by Gasteiger charge is 2.26. The van der Waals surface area contributed by atoms with Gasteiger partial charge in [-0.1, -0.05) is 18.2 Å². The number of nitrogens with two attached hydrogens (primary N) is 1. The largest absolute Gasteiger partial charge is 0.493 e. The maximum absolute atomic E-state index is 13.3. The van der Waals surface area contributed by atoms with Crippen LogP contribution >= 0.6 is 0 Å². The first kappa shape index (κ1) is 34.7. The van der Waals surface area contributed by atoms with Gasteiger partial charge < -0.3 is 41.2 Å². The molecule has 244 valence electrons. The summed E-state index contributed by atoms with van der Waals surface area (Å²) in [6.07, 6.45) is 1.42. The van der Waals surface area contributed by atoms with Gasteiger partial charge in [0.25, 0.3) is 5.91 Å². The van der Waals surface area contributed by atoms with Crippen molar-refractivity contribution in [3.63, 3.8) is 0 Å². The van der Waals surface area contributed by atoms with Crippen molar-refractivity contribution in [2.75, 3.05) is 33.4 Å². The summed E-state index contributed by atoms with van der Waals surface area (Å²) in [6.45, 7) is 3.19. The molecule has 5 amide bonds. The molecule has 2 aromatic rings. The van der Waals surface area contributed by atoms with Crippen molar-refractivity contribution >= 4 is 29.5 Å². The van der Waals surface area contributed by atoms with Gasteiger partial charge in [-0.2, -0.15) is 0 Å². The summed E-state index contributed by atoms with van der Waals surface area (Å²) in [5.74, 6) is -0.924. The first-order chi connectivity index (χ1) is 21.7. The van der Waals surface area contributed by atoms with E-state index in [1.807, 2.05) is 25.1 Å². The van der Waals surface area contributed by atoms with Gasteiger partial charge in [-0.25, -0.2) is 0 Å². The fraction of sp³-hybridized carbons (Fsp3) is 0.469. The lowest BCUT2D eigenvalue weighted by Crippen LogP contribution is -2.49. The Kier molecular flexibility index (Phi) is 14.0. The van der Waals surface area contributed by atoms with Crippen LogP contribution in [0.4, 0.5) is 0 Å². The molecule has 0 aliphatic carbocycles. The van der Waals surface area contributed by atoms with Crippen LogP contribution in [0, 0.1) is 0 Å². The summed E-state index contributed by atoms with van der Waals surface area (Å²) in [6, 6.07) is 10.3.